The average molecular weight is 993 g/mol. The van der Waals surface area contributed by atoms with Crippen LogP contribution in [-0.2, 0) is 28.5 Å². The number of amides is 1. The van der Waals surface area contributed by atoms with E-state index in [2.05, 4.69) is 0 Å². The second-order valence-electron chi connectivity index (χ2n) is 19.5. The van der Waals surface area contributed by atoms with Crippen molar-refractivity contribution in [2.75, 3.05) is 13.1 Å². The first-order valence-electron chi connectivity index (χ1n) is 24.5. The first kappa shape index (κ1) is 59.1. The summed E-state index contributed by atoms with van der Waals surface area (Å²) in [4.78, 5) is 28.1. The van der Waals surface area contributed by atoms with Crippen LogP contribution in [-0.4, -0.2) is 190 Å². The Morgan fingerprint density at radius 3 is 1.86 bits per heavy atom. The van der Waals surface area contributed by atoms with Crippen molar-refractivity contribution < 1.29 is 84.7 Å². The highest BCUT2D eigenvalue weighted by Crippen LogP contribution is 2.39. The molecule has 3 fully saturated rings. The molecule has 3 saturated heterocycles. The van der Waals surface area contributed by atoms with Crippen LogP contribution in [0.3, 0.4) is 0 Å². The lowest BCUT2D eigenvalue weighted by molar-refractivity contribution is -0.308. The summed E-state index contributed by atoms with van der Waals surface area (Å²) in [6.45, 7) is 7.00. The van der Waals surface area contributed by atoms with Crippen LogP contribution in [0.4, 0.5) is 0 Å². The monoisotopic (exact) mass is 993 g/mol. The number of hydrogen-bond acceptors (Lipinski definition) is 18. The minimum Gasteiger partial charge on any atom is -0.462 e. The summed E-state index contributed by atoms with van der Waals surface area (Å²) in [6, 6.07) is -1.14. The van der Waals surface area contributed by atoms with E-state index >= 15 is 0 Å². The van der Waals surface area contributed by atoms with Crippen molar-refractivity contribution in [3.05, 3.63) is 85.1 Å². The van der Waals surface area contributed by atoms with Gasteiger partial charge in [0, 0.05) is 50.6 Å². The van der Waals surface area contributed by atoms with Crippen molar-refractivity contribution in [2.24, 2.45) is 23.5 Å². The zero-order valence-electron chi connectivity index (χ0n) is 40.7. The number of nitrogens with two attached hydrogens (primary N) is 1. The molecule has 4 heterocycles. The number of likely N-dealkylation sites (tertiary alicyclic amines) is 1. The molecule has 70 heavy (non-hydrogen) atoms. The lowest BCUT2D eigenvalue weighted by Crippen LogP contribution is -2.62. The number of cyclic esters (lactones) is 1. The molecule has 0 aliphatic carbocycles. The van der Waals surface area contributed by atoms with Crippen molar-refractivity contribution in [1.29, 1.82) is 0 Å². The largest absolute Gasteiger partial charge is 0.462 e. The Morgan fingerprint density at radius 2 is 1.26 bits per heavy atom. The topological polar surface area (TPSA) is 323 Å². The van der Waals surface area contributed by atoms with Crippen molar-refractivity contribution >= 4 is 11.9 Å². The number of β-amino-alcohol motifs (C(OH)–C–C–N with tert-alkyl or cyclic N) is 1. The number of allylic oxidation sites excluding steroid dienone is 12. The fourth-order valence-corrected chi connectivity index (χ4v) is 9.12. The molecule has 13 N–H and O–H groups in total. The van der Waals surface area contributed by atoms with Crippen LogP contribution in [0, 0.1) is 17.8 Å². The first-order valence-corrected chi connectivity index (χ1v) is 24.5. The molecule has 4 rings (SSSR count). The second-order valence-corrected chi connectivity index (χ2v) is 19.5. The minimum atomic E-state index is -2.29. The van der Waals surface area contributed by atoms with Gasteiger partial charge in [0.25, 0.3) is 0 Å². The van der Waals surface area contributed by atoms with Gasteiger partial charge in [0.1, 0.15) is 12.2 Å². The molecule has 0 aromatic carbocycles. The van der Waals surface area contributed by atoms with Gasteiger partial charge in [0.15, 0.2) is 12.1 Å². The van der Waals surface area contributed by atoms with Gasteiger partial charge in [-0.05, 0) is 39.5 Å². The van der Waals surface area contributed by atoms with Gasteiger partial charge in [-0.25, -0.2) is 0 Å². The summed E-state index contributed by atoms with van der Waals surface area (Å²) in [7, 11) is 0. The zero-order valence-corrected chi connectivity index (χ0v) is 40.7. The smallest absolute Gasteiger partial charge is 0.308 e. The molecular formula is C51H80N2O17. The van der Waals surface area contributed by atoms with Crippen molar-refractivity contribution in [1.82, 2.24) is 4.90 Å². The number of aliphatic hydroxyl groups excluding tert-OH is 10. The van der Waals surface area contributed by atoms with E-state index < -0.39 is 153 Å². The highest BCUT2D eigenvalue weighted by atomic mass is 16.7. The zero-order chi connectivity index (χ0) is 51.7. The molecular weight excluding hydrogens is 913 g/mol. The van der Waals surface area contributed by atoms with Gasteiger partial charge in [0.05, 0.1) is 91.6 Å². The molecule has 0 aromatic heterocycles. The highest BCUT2D eigenvalue weighted by molar-refractivity contribution is 5.80. The second kappa shape index (κ2) is 28.7. The molecule has 0 spiro atoms. The molecule has 4 aliphatic rings. The molecule has 19 nitrogen and oxygen atoms in total. The lowest BCUT2D eigenvalue weighted by Gasteiger charge is -2.46. The van der Waals surface area contributed by atoms with Gasteiger partial charge in [-0.15, -0.1) is 0 Å². The minimum absolute atomic E-state index is 0.00720. The van der Waals surface area contributed by atoms with E-state index in [1.807, 2.05) is 37.3 Å². The maximum Gasteiger partial charge on any atom is 0.308 e. The van der Waals surface area contributed by atoms with Crippen LogP contribution in [0.1, 0.15) is 85.5 Å². The lowest BCUT2D eigenvalue weighted by atomic mass is 9.81. The van der Waals surface area contributed by atoms with E-state index in [9.17, 15) is 65.8 Å². The van der Waals surface area contributed by atoms with E-state index in [0.717, 1.165) is 0 Å². The fourth-order valence-electron chi connectivity index (χ4n) is 9.12. The Morgan fingerprint density at radius 1 is 0.657 bits per heavy atom. The number of hydrogen-bond donors (Lipinski definition) is 12. The van der Waals surface area contributed by atoms with Crippen molar-refractivity contribution in [3.63, 3.8) is 0 Å². The predicted octanol–water partition coefficient (Wildman–Crippen LogP) is 0.220. The van der Waals surface area contributed by atoms with E-state index in [4.69, 9.17) is 24.7 Å². The molecule has 396 valence electrons. The summed E-state index contributed by atoms with van der Waals surface area (Å²) < 4.78 is 23.8. The highest BCUT2D eigenvalue weighted by Gasteiger charge is 2.52. The standard InChI is InChI=1S/C51H80N2O17/c1-30-17-15-13-11-9-7-5-6-8-10-12-14-16-18-38(69-50-48(64)45(52)47(63)33(4)68-50)26-42-44(49(65)53-22-21-35(55)29-53)41(60)28-51(66,70-42)27-37(57)24-40(59)39(58)20-19-34(54)23-36(56)25-43(61)67-32(3)31(2)46(30)62/h5-18,30-42,44-48,50,54-60,62-64,66H,19-29,52H2,1-4H3/b6-5+,9-7+,10-8+,13-11+,14-12+,17-15+,18-16+/t30-,31-,32-,33+,34+,35-,36+,37-,38-,39+,40+,41-,42-,44+,45-,46+,47+,48-,50-,51+/m0/s1. The maximum atomic E-state index is 14.1. The summed E-state index contributed by atoms with van der Waals surface area (Å²) in [5.74, 6) is -5.60. The Labute approximate surface area is 411 Å². The number of nitrogens with zero attached hydrogens (tertiary/aromatic N) is 1. The number of fused-ring (bicyclic) bond motifs is 2. The SMILES string of the molecule is C[C@@H]1[C@H](O)[C@@H](C)/C=C/C=C/C=C/C=C/C=C/C=C/C=C/[C@H](O[C@@H]2O[C@H](C)[C@@H](O)[C@H](N)[C@@H]2O)C[C@@H]2O[C@](O)(C[C@@H](O)C[C@@H](O)[C@H](O)CC[C@@H](O)C[C@@H](O)CC(=O)O[C@H]1C)C[C@H](O)[C@H]2C(=O)N1CC[C@H](O)C1. The van der Waals surface area contributed by atoms with Crippen LogP contribution >= 0.6 is 0 Å². The van der Waals surface area contributed by atoms with Crippen molar-refractivity contribution in [3.8, 4) is 0 Å². The molecule has 0 saturated carbocycles. The third kappa shape index (κ3) is 18.5. The van der Waals surface area contributed by atoms with Gasteiger partial charge >= 0.3 is 5.97 Å². The predicted molar refractivity (Wildman–Crippen MR) is 257 cm³/mol. The molecule has 4 aliphatic heterocycles. The molecule has 2 bridgehead atoms. The molecule has 0 unspecified atom stereocenters. The quantitative estimate of drug-likeness (QED) is 0.168. The molecule has 19 heteroatoms. The summed E-state index contributed by atoms with van der Waals surface area (Å²) in [6.07, 6.45) is 3.99. The van der Waals surface area contributed by atoms with Crippen LogP contribution in [0.2, 0.25) is 0 Å². The van der Waals surface area contributed by atoms with Crippen LogP contribution in [0.25, 0.3) is 0 Å². The fraction of sp³-hybridized carbons (Fsp3) is 0.686. The summed E-state index contributed by atoms with van der Waals surface area (Å²) >= 11 is 0. The van der Waals surface area contributed by atoms with E-state index in [0.29, 0.717) is 6.42 Å². The van der Waals surface area contributed by atoms with Gasteiger partial charge < -0.3 is 85.8 Å². The van der Waals surface area contributed by atoms with E-state index in [-0.39, 0.29) is 44.7 Å². The Hall–Kier alpha value is -3.48. The first-order chi connectivity index (χ1) is 33.1. The third-order valence-corrected chi connectivity index (χ3v) is 13.5. The summed E-state index contributed by atoms with van der Waals surface area (Å²) in [5.41, 5.74) is 6.10. The molecule has 0 aromatic rings. The number of ether oxygens (including phenoxy) is 4. The van der Waals surface area contributed by atoms with E-state index in [1.54, 1.807) is 75.5 Å². The molecule has 20 atom stereocenters. The third-order valence-electron chi connectivity index (χ3n) is 13.5. The van der Waals surface area contributed by atoms with Crippen LogP contribution in [0.5, 0.6) is 0 Å². The van der Waals surface area contributed by atoms with Crippen LogP contribution in [0.15, 0.2) is 85.1 Å². The molecule has 0 radical (unpaired) electrons. The number of rotatable bonds is 3. The molecule has 1 amide bonds. The Balaban J connectivity index is 1.60. The number of carbonyl (C=O) groups is 2. The number of aliphatic hydroxyl groups is 11. The van der Waals surface area contributed by atoms with E-state index in [1.165, 1.54) is 4.90 Å². The summed E-state index contributed by atoms with van der Waals surface area (Å²) in [5, 5.41) is 120. The van der Waals surface area contributed by atoms with Gasteiger partial charge in [-0.2, -0.15) is 0 Å². The average Bonchev–Trinajstić information content (AvgIpc) is 3.73. The number of carbonyl (C=O) groups excluding carboxylic acids is 2. The van der Waals surface area contributed by atoms with Crippen LogP contribution < -0.4 is 5.73 Å². The number of esters is 1. The maximum absolute atomic E-state index is 14.1. The van der Waals surface area contributed by atoms with Gasteiger partial charge in [0.2, 0.25) is 5.91 Å². The van der Waals surface area contributed by atoms with Gasteiger partial charge in [-0.1, -0.05) is 98.9 Å². The Bertz CT molecular complexity index is 1820. The van der Waals surface area contributed by atoms with Gasteiger partial charge in [-0.3, -0.25) is 9.59 Å². The normalized spacial score (nSPS) is 45.3. The Kier molecular flexibility index (Phi) is 24.2. The van der Waals surface area contributed by atoms with Crippen molar-refractivity contribution in [2.45, 2.75) is 189 Å².